The minimum absolute atomic E-state index is 0.0711. The Morgan fingerprint density at radius 3 is 2.07 bits per heavy atom. The molecule has 2 aromatic carbocycles. The highest BCUT2D eigenvalue weighted by Gasteiger charge is 2.63. The van der Waals surface area contributed by atoms with Gasteiger partial charge in [0.05, 0.1) is 0 Å². The zero-order valence-corrected chi connectivity index (χ0v) is 15.0. The summed E-state index contributed by atoms with van der Waals surface area (Å²) in [6.07, 6.45) is -4.82. The van der Waals surface area contributed by atoms with Gasteiger partial charge in [0, 0.05) is 5.39 Å². The minimum atomic E-state index is -5.91. The van der Waals surface area contributed by atoms with E-state index >= 15 is 0 Å². The normalized spacial score (nSPS) is 14.0. The lowest BCUT2D eigenvalue weighted by atomic mass is 10.1. The summed E-state index contributed by atoms with van der Waals surface area (Å²) in [7, 11) is -10.7. The van der Waals surface area contributed by atoms with Crippen LogP contribution in [0.1, 0.15) is 0 Å². The van der Waals surface area contributed by atoms with Crippen molar-refractivity contribution in [3.8, 4) is 0 Å². The molecule has 6 nitrogen and oxygen atoms in total. The van der Waals surface area contributed by atoms with Crippen LogP contribution in [0.4, 0.5) is 26.3 Å². The highest BCUT2D eigenvalue weighted by molar-refractivity contribution is 7.89. The third kappa shape index (κ3) is 4.09. The minimum Gasteiger partial charge on any atom is -0.282 e. The van der Waals surface area contributed by atoms with Crippen LogP contribution in [0.3, 0.4) is 0 Å². The van der Waals surface area contributed by atoms with Crippen LogP contribution in [0.15, 0.2) is 46.2 Å². The Morgan fingerprint density at radius 2 is 1.54 bits per heavy atom. The van der Waals surface area contributed by atoms with Gasteiger partial charge in [0.25, 0.3) is 20.2 Å². The number of hydrogen-bond acceptors (Lipinski definition) is 5. The van der Waals surface area contributed by atoms with Crippen LogP contribution >= 0.6 is 0 Å². The number of rotatable bonds is 7. The van der Waals surface area contributed by atoms with Crippen molar-refractivity contribution in [3.63, 3.8) is 0 Å². The van der Waals surface area contributed by atoms with Crippen molar-refractivity contribution < 1.29 is 51.9 Å². The molecule has 0 atom stereocenters. The Hall–Kier alpha value is -1.90. The molecule has 0 amide bonds. The summed E-state index contributed by atoms with van der Waals surface area (Å²) in [5.74, 6) is -11.5. The van der Waals surface area contributed by atoms with Crippen LogP contribution in [0, 0.1) is 0 Å². The van der Waals surface area contributed by atoms with Gasteiger partial charge in [-0.15, -0.1) is 0 Å². The highest BCUT2D eigenvalue weighted by Crippen LogP contribution is 2.40. The van der Waals surface area contributed by atoms with Gasteiger partial charge in [0.2, 0.25) is 0 Å². The van der Waals surface area contributed by atoms with Crippen LogP contribution in [0.25, 0.3) is 10.8 Å². The van der Waals surface area contributed by atoms with Gasteiger partial charge in [-0.2, -0.15) is 34.4 Å². The molecule has 14 heteroatoms. The van der Waals surface area contributed by atoms with Crippen molar-refractivity contribution in [1.29, 1.82) is 0 Å². The molecule has 0 aliphatic carbocycles. The zero-order chi connectivity index (χ0) is 21.5. The van der Waals surface area contributed by atoms with Crippen molar-refractivity contribution >= 4 is 31.0 Å². The standard InChI is InChI=1S/C14H10F6O6S2/c15-12(16)14(19,20)13(17,18)7-26-28(24,25)11-9-4-2-1-3-8(9)5-6-10(11)27(21,22)23/h1-6,12H,7H2,(H,21,22,23). The lowest BCUT2D eigenvalue weighted by Crippen LogP contribution is -2.49. The molecule has 2 rings (SSSR count). The average Bonchev–Trinajstić information content (AvgIpc) is 2.58. The molecule has 0 bridgehead atoms. The Balaban J connectivity index is 2.59. The number of fused-ring (bicyclic) bond motifs is 1. The molecule has 0 saturated heterocycles. The van der Waals surface area contributed by atoms with Crippen molar-refractivity contribution in [2.45, 2.75) is 28.1 Å². The fourth-order valence-electron chi connectivity index (χ4n) is 2.15. The van der Waals surface area contributed by atoms with Crippen molar-refractivity contribution in [1.82, 2.24) is 0 Å². The summed E-state index contributed by atoms with van der Waals surface area (Å²) >= 11 is 0. The van der Waals surface area contributed by atoms with E-state index in [4.69, 9.17) is 0 Å². The van der Waals surface area contributed by atoms with Gasteiger partial charge >= 0.3 is 18.3 Å². The Morgan fingerprint density at radius 1 is 0.964 bits per heavy atom. The molecule has 0 aromatic heterocycles. The quantitative estimate of drug-likeness (QED) is 0.393. The largest absolute Gasteiger partial charge is 0.371 e. The summed E-state index contributed by atoms with van der Waals surface area (Å²) in [6, 6.07) is 6.67. The first-order valence-corrected chi connectivity index (χ1v) is 9.88. The summed E-state index contributed by atoms with van der Waals surface area (Å²) < 4.78 is 137. The topological polar surface area (TPSA) is 97.7 Å². The fourth-order valence-corrected chi connectivity index (χ4v) is 4.55. The number of benzene rings is 2. The third-order valence-electron chi connectivity index (χ3n) is 3.53. The Bertz CT molecular complexity index is 1100. The fraction of sp³-hybridized carbons (Fsp3) is 0.286. The summed E-state index contributed by atoms with van der Waals surface area (Å²) in [4.78, 5) is -2.57. The smallest absolute Gasteiger partial charge is 0.282 e. The van der Waals surface area contributed by atoms with E-state index < -0.39 is 60.3 Å². The lowest BCUT2D eigenvalue weighted by Gasteiger charge is -2.25. The summed E-state index contributed by atoms with van der Waals surface area (Å²) in [6.45, 7) is -2.69. The van der Waals surface area contributed by atoms with Crippen LogP contribution in [0.2, 0.25) is 0 Å². The second-order valence-corrected chi connectivity index (χ2v) is 8.38. The first-order valence-electron chi connectivity index (χ1n) is 7.04. The van der Waals surface area contributed by atoms with E-state index in [9.17, 15) is 47.7 Å². The molecule has 0 aliphatic heterocycles. The molecule has 0 heterocycles. The van der Waals surface area contributed by atoms with E-state index in [0.717, 1.165) is 12.1 Å². The van der Waals surface area contributed by atoms with E-state index in [0.29, 0.717) is 6.07 Å². The van der Waals surface area contributed by atoms with Gasteiger partial charge in [-0.25, -0.2) is 8.78 Å². The third-order valence-corrected chi connectivity index (χ3v) is 5.92. The summed E-state index contributed by atoms with van der Waals surface area (Å²) in [5.41, 5.74) is 0. The maximum absolute atomic E-state index is 13.4. The van der Waals surface area contributed by atoms with Gasteiger partial charge in [0.15, 0.2) is 0 Å². The van der Waals surface area contributed by atoms with Gasteiger partial charge in [-0.3, -0.25) is 8.74 Å². The molecule has 2 aromatic rings. The molecule has 0 fully saturated rings. The van der Waals surface area contributed by atoms with Crippen LogP contribution in [-0.4, -0.2) is 46.3 Å². The average molecular weight is 452 g/mol. The van der Waals surface area contributed by atoms with E-state index in [1.165, 1.54) is 18.2 Å². The maximum atomic E-state index is 13.4. The number of hydrogen-bond donors (Lipinski definition) is 1. The monoisotopic (exact) mass is 452 g/mol. The Labute approximate surface area is 154 Å². The van der Waals surface area contributed by atoms with Crippen molar-refractivity contribution in [3.05, 3.63) is 36.4 Å². The van der Waals surface area contributed by atoms with E-state index in [2.05, 4.69) is 4.18 Å². The van der Waals surface area contributed by atoms with Gasteiger partial charge in [-0.1, -0.05) is 30.3 Å². The predicted molar refractivity (Wildman–Crippen MR) is 82.8 cm³/mol. The van der Waals surface area contributed by atoms with E-state index in [1.54, 1.807) is 0 Å². The van der Waals surface area contributed by atoms with E-state index in [1.807, 2.05) is 0 Å². The lowest BCUT2D eigenvalue weighted by molar-refractivity contribution is -0.271. The zero-order valence-electron chi connectivity index (χ0n) is 13.3. The molecule has 0 unspecified atom stereocenters. The molecule has 0 spiro atoms. The summed E-state index contributed by atoms with van der Waals surface area (Å²) in [5, 5.41) is -0.330. The van der Waals surface area contributed by atoms with E-state index in [-0.39, 0.29) is 5.39 Å². The van der Waals surface area contributed by atoms with Gasteiger partial charge < -0.3 is 0 Å². The number of alkyl halides is 6. The van der Waals surface area contributed by atoms with Gasteiger partial charge in [-0.05, 0) is 11.5 Å². The maximum Gasteiger partial charge on any atom is 0.371 e. The first kappa shape index (κ1) is 22.4. The molecular weight excluding hydrogens is 442 g/mol. The second-order valence-electron chi connectivity index (χ2n) is 5.43. The van der Waals surface area contributed by atoms with Crippen LogP contribution in [-0.2, 0) is 24.4 Å². The SMILES string of the molecule is O=S(=O)(O)c1ccc2ccccc2c1S(=O)(=O)OCC(F)(F)C(F)(F)C(F)F. The van der Waals surface area contributed by atoms with Crippen molar-refractivity contribution in [2.24, 2.45) is 0 Å². The molecule has 0 radical (unpaired) electrons. The van der Waals surface area contributed by atoms with Gasteiger partial charge in [0.1, 0.15) is 16.4 Å². The highest BCUT2D eigenvalue weighted by atomic mass is 32.2. The van der Waals surface area contributed by atoms with Crippen molar-refractivity contribution in [2.75, 3.05) is 6.61 Å². The van der Waals surface area contributed by atoms with Crippen LogP contribution in [0.5, 0.6) is 0 Å². The first-order chi connectivity index (χ1) is 12.6. The molecule has 0 saturated carbocycles. The molecule has 156 valence electrons. The molecule has 1 N–H and O–H groups in total. The van der Waals surface area contributed by atoms with Crippen LogP contribution < -0.4 is 0 Å². The molecule has 28 heavy (non-hydrogen) atoms. The molecular formula is C14H10F6O6S2. The Kier molecular flexibility index (Phi) is 5.73. The second kappa shape index (κ2) is 7.17. The number of halogens is 6. The molecule has 0 aliphatic rings. The predicted octanol–water partition coefficient (Wildman–Crippen LogP) is 3.33.